The van der Waals surface area contributed by atoms with Crippen LogP contribution in [0.3, 0.4) is 0 Å². The van der Waals surface area contributed by atoms with Crippen molar-refractivity contribution in [1.82, 2.24) is 9.97 Å². The lowest BCUT2D eigenvalue weighted by atomic mass is 9.97. The molecule has 0 aliphatic heterocycles. The number of aromatic amines is 1. The van der Waals surface area contributed by atoms with Gasteiger partial charge in [-0.3, -0.25) is 9.59 Å². The molecule has 1 aliphatic carbocycles. The summed E-state index contributed by atoms with van der Waals surface area (Å²) in [5, 5.41) is 6.21. The van der Waals surface area contributed by atoms with Gasteiger partial charge in [0.25, 0.3) is 5.56 Å². The summed E-state index contributed by atoms with van der Waals surface area (Å²) in [6.07, 6.45) is 4.15. The van der Waals surface area contributed by atoms with Crippen LogP contribution in [0.1, 0.15) is 39.2 Å². The summed E-state index contributed by atoms with van der Waals surface area (Å²) in [7, 11) is 1.32. The van der Waals surface area contributed by atoms with Gasteiger partial charge in [0, 0.05) is 15.8 Å². The molecule has 35 heavy (non-hydrogen) atoms. The van der Waals surface area contributed by atoms with Crippen LogP contribution in [0.15, 0.2) is 39.6 Å². The van der Waals surface area contributed by atoms with E-state index in [1.54, 1.807) is 11.3 Å². The standard InChI is InChI=1S/C25H23N3O4S3/c1-13-7-9-14(10-8-13)16-11-33-22(20(16)24(31)32-2)26-18(29)12-34-25-27-21(30)19-15-5-3-4-6-17(15)35-23(19)28-25/h7-11H,3-6,12H2,1-2H3,(H,26,29)(H,27,28,30). The highest BCUT2D eigenvalue weighted by Crippen LogP contribution is 2.37. The number of benzene rings is 1. The van der Waals surface area contributed by atoms with Gasteiger partial charge in [0.2, 0.25) is 5.91 Å². The van der Waals surface area contributed by atoms with E-state index in [9.17, 15) is 14.4 Å². The first-order valence-corrected chi connectivity index (χ1v) is 13.9. The molecule has 180 valence electrons. The lowest BCUT2D eigenvalue weighted by Gasteiger charge is -2.09. The smallest absolute Gasteiger partial charge is 0.341 e. The second kappa shape index (κ2) is 9.96. The molecule has 3 heterocycles. The highest BCUT2D eigenvalue weighted by atomic mass is 32.2. The number of thioether (sulfide) groups is 1. The normalized spacial score (nSPS) is 13.0. The summed E-state index contributed by atoms with van der Waals surface area (Å²) in [4.78, 5) is 47.4. The number of ether oxygens (including phenoxy) is 1. The Morgan fingerprint density at radius 3 is 2.74 bits per heavy atom. The van der Waals surface area contributed by atoms with Crippen molar-refractivity contribution in [3.8, 4) is 11.1 Å². The maximum Gasteiger partial charge on any atom is 0.341 e. The van der Waals surface area contributed by atoms with Crippen LogP contribution in [0.5, 0.6) is 0 Å². The molecule has 2 N–H and O–H groups in total. The molecule has 0 saturated heterocycles. The molecule has 0 spiro atoms. The third-order valence-electron chi connectivity index (χ3n) is 5.94. The number of anilines is 1. The number of aromatic nitrogens is 2. The van der Waals surface area contributed by atoms with E-state index in [0.29, 0.717) is 26.7 Å². The van der Waals surface area contributed by atoms with Crippen LogP contribution in [0.4, 0.5) is 5.00 Å². The van der Waals surface area contributed by atoms with Crippen LogP contribution < -0.4 is 10.9 Å². The lowest BCUT2D eigenvalue weighted by molar-refractivity contribution is -0.113. The number of rotatable bonds is 6. The van der Waals surface area contributed by atoms with Gasteiger partial charge in [-0.15, -0.1) is 22.7 Å². The second-order valence-electron chi connectivity index (χ2n) is 8.31. The monoisotopic (exact) mass is 525 g/mol. The number of fused-ring (bicyclic) bond motifs is 3. The molecule has 5 rings (SSSR count). The van der Waals surface area contributed by atoms with Crippen molar-refractivity contribution in [2.24, 2.45) is 0 Å². The molecule has 1 amide bonds. The molecular weight excluding hydrogens is 502 g/mol. The van der Waals surface area contributed by atoms with Crippen LogP contribution in [0, 0.1) is 6.92 Å². The quantitative estimate of drug-likeness (QED) is 0.198. The predicted octanol–water partition coefficient (Wildman–Crippen LogP) is 5.42. The van der Waals surface area contributed by atoms with E-state index in [0.717, 1.165) is 59.0 Å². The Hall–Kier alpha value is -2.95. The number of aryl methyl sites for hydroxylation is 3. The van der Waals surface area contributed by atoms with Crippen LogP contribution in [0.25, 0.3) is 21.3 Å². The molecule has 0 atom stereocenters. The van der Waals surface area contributed by atoms with Gasteiger partial charge in [-0.1, -0.05) is 41.6 Å². The fourth-order valence-corrected chi connectivity index (χ4v) is 7.16. The van der Waals surface area contributed by atoms with Crippen molar-refractivity contribution < 1.29 is 14.3 Å². The zero-order valence-corrected chi connectivity index (χ0v) is 21.7. The number of esters is 1. The van der Waals surface area contributed by atoms with E-state index in [-0.39, 0.29) is 17.2 Å². The molecule has 1 aromatic carbocycles. The number of thiophene rings is 2. The molecule has 3 aromatic heterocycles. The van der Waals surface area contributed by atoms with Gasteiger partial charge in [0.05, 0.1) is 18.2 Å². The summed E-state index contributed by atoms with van der Waals surface area (Å²) in [5.41, 5.74) is 4.01. The first-order chi connectivity index (χ1) is 16.9. The molecule has 0 fully saturated rings. The van der Waals surface area contributed by atoms with Crippen LogP contribution in [-0.2, 0) is 22.4 Å². The van der Waals surface area contributed by atoms with Gasteiger partial charge in [0.15, 0.2) is 5.16 Å². The van der Waals surface area contributed by atoms with Gasteiger partial charge in [-0.25, -0.2) is 9.78 Å². The number of H-pyrrole nitrogens is 1. The zero-order valence-electron chi connectivity index (χ0n) is 19.2. The van der Waals surface area contributed by atoms with E-state index >= 15 is 0 Å². The third kappa shape index (κ3) is 4.78. The van der Waals surface area contributed by atoms with E-state index in [1.165, 1.54) is 23.3 Å². The Bertz CT molecular complexity index is 1480. The van der Waals surface area contributed by atoms with E-state index < -0.39 is 5.97 Å². The maximum absolute atomic E-state index is 12.8. The van der Waals surface area contributed by atoms with Crippen molar-refractivity contribution in [3.05, 3.63) is 61.6 Å². The van der Waals surface area contributed by atoms with Crippen molar-refractivity contribution in [1.29, 1.82) is 0 Å². The molecule has 1 aliphatic rings. The molecular formula is C25H23N3O4S3. The van der Waals surface area contributed by atoms with Crippen molar-refractivity contribution in [2.45, 2.75) is 37.8 Å². The van der Waals surface area contributed by atoms with E-state index in [4.69, 9.17) is 4.74 Å². The Labute approximate surface area is 213 Å². The number of hydrogen-bond donors (Lipinski definition) is 2. The van der Waals surface area contributed by atoms with E-state index in [1.807, 2.05) is 36.6 Å². The number of nitrogens with zero attached hydrogens (tertiary/aromatic N) is 1. The topological polar surface area (TPSA) is 101 Å². The molecule has 0 unspecified atom stereocenters. The fourth-order valence-electron chi connectivity index (χ4n) is 4.21. The zero-order chi connectivity index (χ0) is 24.5. The minimum Gasteiger partial charge on any atom is -0.465 e. The van der Waals surface area contributed by atoms with Gasteiger partial charge in [0.1, 0.15) is 15.4 Å². The van der Waals surface area contributed by atoms with Crippen molar-refractivity contribution in [3.63, 3.8) is 0 Å². The number of methoxy groups -OCH3 is 1. The summed E-state index contributed by atoms with van der Waals surface area (Å²) in [5.74, 6) is -0.772. The molecule has 7 nitrogen and oxygen atoms in total. The van der Waals surface area contributed by atoms with Crippen LogP contribution in [-0.4, -0.2) is 34.7 Å². The number of carbonyl (C=O) groups is 2. The predicted molar refractivity (Wildman–Crippen MR) is 142 cm³/mol. The molecule has 0 bridgehead atoms. The van der Waals surface area contributed by atoms with Crippen LogP contribution in [0.2, 0.25) is 0 Å². The second-order valence-corrected chi connectivity index (χ2v) is 11.2. The van der Waals surface area contributed by atoms with Crippen molar-refractivity contribution >= 4 is 61.5 Å². The fraction of sp³-hybridized carbons (Fsp3) is 0.280. The van der Waals surface area contributed by atoms with Gasteiger partial charge in [-0.05, 0) is 43.7 Å². The number of carbonyl (C=O) groups excluding carboxylic acids is 2. The largest absolute Gasteiger partial charge is 0.465 e. The first-order valence-electron chi connectivity index (χ1n) is 11.2. The van der Waals surface area contributed by atoms with E-state index in [2.05, 4.69) is 15.3 Å². The van der Waals surface area contributed by atoms with Crippen LogP contribution >= 0.6 is 34.4 Å². The van der Waals surface area contributed by atoms with Gasteiger partial charge >= 0.3 is 5.97 Å². The summed E-state index contributed by atoms with van der Waals surface area (Å²) in [6, 6.07) is 7.81. The minimum absolute atomic E-state index is 0.0396. The summed E-state index contributed by atoms with van der Waals surface area (Å²) < 4.78 is 4.98. The number of nitrogens with one attached hydrogen (secondary N) is 2. The van der Waals surface area contributed by atoms with Gasteiger partial charge < -0.3 is 15.0 Å². The molecule has 10 heteroatoms. The maximum atomic E-state index is 12.8. The Morgan fingerprint density at radius 1 is 1.20 bits per heavy atom. The number of amides is 1. The Kier molecular flexibility index (Phi) is 6.77. The average molecular weight is 526 g/mol. The summed E-state index contributed by atoms with van der Waals surface area (Å²) in [6.45, 7) is 1.99. The molecule has 0 radical (unpaired) electrons. The minimum atomic E-state index is -0.511. The first kappa shape index (κ1) is 23.8. The Balaban J connectivity index is 1.33. The highest BCUT2D eigenvalue weighted by Gasteiger charge is 2.23. The third-order valence-corrected chi connectivity index (χ3v) is 8.89. The lowest BCUT2D eigenvalue weighted by Crippen LogP contribution is -2.17. The SMILES string of the molecule is COC(=O)c1c(-c2ccc(C)cc2)csc1NC(=O)CSc1nc2sc3c(c2c(=O)[nH]1)CCCC3. The number of hydrogen-bond acceptors (Lipinski definition) is 8. The summed E-state index contributed by atoms with van der Waals surface area (Å²) >= 11 is 4.02. The average Bonchev–Trinajstić information content (AvgIpc) is 3.44. The van der Waals surface area contributed by atoms with Gasteiger partial charge in [-0.2, -0.15) is 0 Å². The molecule has 4 aromatic rings. The molecule has 0 saturated carbocycles. The Morgan fingerprint density at radius 2 is 1.97 bits per heavy atom. The van der Waals surface area contributed by atoms with Crippen molar-refractivity contribution in [2.75, 3.05) is 18.2 Å². The highest BCUT2D eigenvalue weighted by molar-refractivity contribution is 7.99.